The van der Waals surface area contributed by atoms with Crippen molar-refractivity contribution < 1.29 is 13.9 Å². The van der Waals surface area contributed by atoms with E-state index in [4.69, 9.17) is 9.15 Å². The van der Waals surface area contributed by atoms with E-state index in [0.717, 1.165) is 24.6 Å². The lowest BCUT2D eigenvalue weighted by molar-refractivity contribution is 0.0906. The Bertz CT molecular complexity index is 897. The molecular formula is C20H19NO3. The number of rotatable bonds is 3. The summed E-state index contributed by atoms with van der Waals surface area (Å²) in [4.78, 5) is 12.6. The van der Waals surface area contributed by atoms with Gasteiger partial charge in [0.1, 0.15) is 0 Å². The molecule has 1 heterocycles. The standard InChI is InChI=1S/C20H19NO3/c1-23-17-11-5-8-14-12-18(24-19(14)17)20(22)21-16-10-4-7-13-6-2-3-9-15(13)16/h2-3,5-6,8-9,11-12,16H,4,7,10H2,1H3,(H,21,22)/t16-/m0/s1. The first-order valence-electron chi connectivity index (χ1n) is 8.21. The molecule has 1 amide bonds. The van der Waals surface area contributed by atoms with Crippen molar-refractivity contribution in [1.82, 2.24) is 5.32 Å². The fourth-order valence-corrected chi connectivity index (χ4v) is 3.44. The minimum absolute atomic E-state index is 0.0394. The number of para-hydroxylation sites is 1. The molecule has 1 atom stereocenters. The van der Waals surface area contributed by atoms with Crippen LogP contribution in [0.5, 0.6) is 5.75 Å². The molecule has 2 aromatic carbocycles. The van der Waals surface area contributed by atoms with Crippen molar-refractivity contribution in [3.63, 3.8) is 0 Å². The van der Waals surface area contributed by atoms with Crippen LogP contribution < -0.4 is 10.1 Å². The first kappa shape index (κ1) is 14.8. The molecular weight excluding hydrogens is 302 g/mol. The normalized spacial score (nSPS) is 16.6. The predicted molar refractivity (Wildman–Crippen MR) is 92.4 cm³/mol. The maximum absolute atomic E-state index is 12.6. The molecule has 4 nitrogen and oxygen atoms in total. The van der Waals surface area contributed by atoms with Crippen LogP contribution in [-0.4, -0.2) is 13.0 Å². The molecule has 0 saturated heterocycles. The third-order valence-corrected chi connectivity index (χ3v) is 4.63. The molecule has 0 aliphatic heterocycles. The number of carbonyl (C=O) groups excluding carboxylic acids is 1. The first-order chi connectivity index (χ1) is 11.8. The lowest BCUT2D eigenvalue weighted by Crippen LogP contribution is -2.30. The van der Waals surface area contributed by atoms with Crippen molar-refractivity contribution in [2.45, 2.75) is 25.3 Å². The second-order valence-electron chi connectivity index (χ2n) is 6.11. The molecule has 0 unspecified atom stereocenters. The van der Waals surface area contributed by atoms with E-state index < -0.39 is 0 Å². The van der Waals surface area contributed by atoms with E-state index in [9.17, 15) is 4.79 Å². The first-order valence-corrected chi connectivity index (χ1v) is 8.21. The molecule has 4 heteroatoms. The number of carbonyl (C=O) groups is 1. The number of amides is 1. The number of furan rings is 1. The molecule has 1 aliphatic carbocycles. The molecule has 1 aromatic heterocycles. The van der Waals surface area contributed by atoms with Gasteiger partial charge in [-0.15, -0.1) is 0 Å². The number of benzene rings is 2. The molecule has 0 radical (unpaired) electrons. The second kappa shape index (κ2) is 6.04. The summed E-state index contributed by atoms with van der Waals surface area (Å²) < 4.78 is 11.0. The Kier molecular flexibility index (Phi) is 3.73. The maximum Gasteiger partial charge on any atom is 0.287 e. The molecule has 0 spiro atoms. The Morgan fingerprint density at radius 3 is 2.96 bits per heavy atom. The van der Waals surface area contributed by atoms with Gasteiger partial charge in [-0.05, 0) is 42.5 Å². The predicted octanol–water partition coefficient (Wildman–Crippen LogP) is 4.25. The third-order valence-electron chi connectivity index (χ3n) is 4.63. The van der Waals surface area contributed by atoms with Crippen molar-refractivity contribution in [2.75, 3.05) is 7.11 Å². The molecule has 1 aliphatic rings. The lowest BCUT2D eigenvalue weighted by atomic mass is 9.88. The summed E-state index contributed by atoms with van der Waals surface area (Å²) in [7, 11) is 1.59. The monoisotopic (exact) mass is 321 g/mol. The number of hydrogen-bond donors (Lipinski definition) is 1. The van der Waals surface area contributed by atoms with Crippen molar-refractivity contribution in [3.05, 3.63) is 65.4 Å². The Labute approximate surface area is 140 Å². The SMILES string of the molecule is COc1cccc2cc(C(=O)N[C@H]3CCCc4ccccc43)oc12. The molecule has 0 saturated carbocycles. The molecule has 0 fully saturated rings. The minimum Gasteiger partial charge on any atom is -0.493 e. The molecule has 0 bridgehead atoms. The van der Waals surface area contributed by atoms with E-state index in [0.29, 0.717) is 17.1 Å². The van der Waals surface area contributed by atoms with Crippen LogP contribution in [-0.2, 0) is 6.42 Å². The van der Waals surface area contributed by atoms with Crippen LogP contribution in [0.2, 0.25) is 0 Å². The Morgan fingerprint density at radius 1 is 1.21 bits per heavy atom. The van der Waals surface area contributed by atoms with Gasteiger partial charge in [0.05, 0.1) is 13.2 Å². The van der Waals surface area contributed by atoms with Crippen molar-refractivity contribution >= 4 is 16.9 Å². The highest BCUT2D eigenvalue weighted by Gasteiger charge is 2.23. The molecule has 1 N–H and O–H groups in total. The van der Waals surface area contributed by atoms with E-state index >= 15 is 0 Å². The van der Waals surface area contributed by atoms with Gasteiger partial charge >= 0.3 is 0 Å². The van der Waals surface area contributed by atoms with Crippen LogP contribution in [0.4, 0.5) is 0 Å². The zero-order valence-electron chi connectivity index (χ0n) is 13.5. The summed E-state index contributed by atoms with van der Waals surface area (Å²) in [5.74, 6) is 0.766. The number of ether oxygens (including phenoxy) is 1. The molecule has 122 valence electrons. The second-order valence-corrected chi connectivity index (χ2v) is 6.11. The molecule has 24 heavy (non-hydrogen) atoms. The van der Waals surface area contributed by atoms with E-state index in [1.807, 2.05) is 24.3 Å². The summed E-state index contributed by atoms with van der Waals surface area (Å²) in [6.07, 6.45) is 3.10. The minimum atomic E-state index is -0.185. The third kappa shape index (κ3) is 2.54. The van der Waals surface area contributed by atoms with Crippen LogP contribution in [0.3, 0.4) is 0 Å². The van der Waals surface area contributed by atoms with Crippen molar-refractivity contribution in [1.29, 1.82) is 0 Å². The number of fused-ring (bicyclic) bond motifs is 2. The molecule has 4 rings (SSSR count). The lowest BCUT2D eigenvalue weighted by Gasteiger charge is -2.25. The smallest absolute Gasteiger partial charge is 0.287 e. The quantitative estimate of drug-likeness (QED) is 0.784. The van der Waals surface area contributed by atoms with Gasteiger partial charge in [0, 0.05) is 5.39 Å². The fourth-order valence-electron chi connectivity index (χ4n) is 3.44. The summed E-state index contributed by atoms with van der Waals surface area (Å²) in [6.45, 7) is 0. The Hall–Kier alpha value is -2.75. The fraction of sp³-hybridized carbons (Fsp3) is 0.250. The van der Waals surface area contributed by atoms with Gasteiger partial charge in [0.15, 0.2) is 17.1 Å². The van der Waals surface area contributed by atoms with Crippen LogP contribution in [0.15, 0.2) is 52.9 Å². The van der Waals surface area contributed by atoms with Crippen LogP contribution in [0, 0.1) is 0 Å². The summed E-state index contributed by atoms with van der Waals surface area (Å²) >= 11 is 0. The Morgan fingerprint density at radius 2 is 2.08 bits per heavy atom. The van der Waals surface area contributed by atoms with Crippen molar-refractivity contribution in [3.8, 4) is 5.75 Å². The van der Waals surface area contributed by atoms with Gasteiger partial charge in [-0.3, -0.25) is 4.79 Å². The largest absolute Gasteiger partial charge is 0.493 e. The zero-order valence-corrected chi connectivity index (χ0v) is 13.5. The van der Waals surface area contributed by atoms with Gasteiger partial charge in [-0.1, -0.05) is 36.4 Å². The number of hydrogen-bond acceptors (Lipinski definition) is 3. The van der Waals surface area contributed by atoms with E-state index in [1.54, 1.807) is 13.2 Å². The van der Waals surface area contributed by atoms with Crippen LogP contribution >= 0.6 is 0 Å². The maximum atomic E-state index is 12.6. The van der Waals surface area contributed by atoms with E-state index in [-0.39, 0.29) is 11.9 Å². The van der Waals surface area contributed by atoms with Gasteiger partial charge in [-0.25, -0.2) is 0 Å². The van der Waals surface area contributed by atoms with Crippen LogP contribution in [0.1, 0.15) is 40.6 Å². The highest BCUT2D eigenvalue weighted by molar-refractivity contribution is 5.97. The average Bonchev–Trinajstić information content (AvgIpc) is 3.06. The summed E-state index contributed by atoms with van der Waals surface area (Å²) in [6, 6.07) is 15.7. The topological polar surface area (TPSA) is 51.5 Å². The number of methoxy groups -OCH3 is 1. The summed E-state index contributed by atoms with van der Waals surface area (Å²) in [5, 5.41) is 3.98. The van der Waals surface area contributed by atoms with E-state index in [1.165, 1.54) is 11.1 Å². The van der Waals surface area contributed by atoms with Gasteiger partial charge in [-0.2, -0.15) is 0 Å². The van der Waals surface area contributed by atoms with Gasteiger partial charge in [0.2, 0.25) is 0 Å². The van der Waals surface area contributed by atoms with Crippen LogP contribution in [0.25, 0.3) is 11.0 Å². The van der Waals surface area contributed by atoms with E-state index in [2.05, 4.69) is 23.5 Å². The summed E-state index contributed by atoms with van der Waals surface area (Å²) in [5.41, 5.74) is 3.14. The highest BCUT2D eigenvalue weighted by Crippen LogP contribution is 2.31. The molecule has 3 aromatic rings. The Balaban J connectivity index is 1.61. The van der Waals surface area contributed by atoms with Gasteiger partial charge in [0.25, 0.3) is 5.91 Å². The number of nitrogens with one attached hydrogen (secondary N) is 1. The van der Waals surface area contributed by atoms with Gasteiger partial charge < -0.3 is 14.5 Å². The van der Waals surface area contributed by atoms with Crippen molar-refractivity contribution in [2.24, 2.45) is 0 Å². The number of aryl methyl sites for hydroxylation is 1. The average molecular weight is 321 g/mol. The zero-order chi connectivity index (χ0) is 16.5. The highest BCUT2D eigenvalue weighted by atomic mass is 16.5.